The summed E-state index contributed by atoms with van der Waals surface area (Å²) in [7, 11) is 0. The molecular formula is C29H44N8O8. The Morgan fingerprint density at radius 2 is 1.51 bits per heavy atom. The normalized spacial score (nSPS) is 11.2. The molecule has 248 valence electrons. The Bertz CT molecular complexity index is 1310. The number of nitrogens with zero attached hydrogens (tertiary/aromatic N) is 3. The summed E-state index contributed by atoms with van der Waals surface area (Å²) in [5, 5.41) is 23.4. The summed E-state index contributed by atoms with van der Waals surface area (Å²) >= 11 is 0. The first-order chi connectivity index (χ1) is 22.0. The number of aliphatic hydroxyl groups is 1. The van der Waals surface area contributed by atoms with Crippen molar-refractivity contribution in [3.8, 4) is 0 Å². The lowest BCUT2D eigenvalue weighted by Crippen LogP contribution is -2.27. The molecule has 0 aliphatic heterocycles. The number of anilines is 3. The average molecular weight is 633 g/mol. The summed E-state index contributed by atoms with van der Waals surface area (Å²) in [5.41, 5.74) is 13.9. The summed E-state index contributed by atoms with van der Waals surface area (Å²) < 4.78 is 32.0. The molecule has 0 spiro atoms. The van der Waals surface area contributed by atoms with Crippen LogP contribution in [-0.4, -0.2) is 117 Å². The third-order valence-electron chi connectivity index (χ3n) is 6.23. The van der Waals surface area contributed by atoms with E-state index in [1.807, 2.05) is 0 Å². The number of ether oxygens (including phenoxy) is 5. The third-order valence-corrected chi connectivity index (χ3v) is 6.23. The minimum absolute atomic E-state index is 0.00899. The smallest absolute Gasteiger partial charge is 0.292 e. The van der Waals surface area contributed by atoms with Crippen molar-refractivity contribution in [3.63, 3.8) is 0 Å². The number of rotatable bonds is 25. The van der Waals surface area contributed by atoms with Crippen molar-refractivity contribution in [1.29, 1.82) is 5.41 Å². The van der Waals surface area contributed by atoms with Crippen LogP contribution in [0.3, 0.4) is 0 Å². The van der Waals surface area contributed by atoms with Crippen LogP contribution in [0.15, 0.2) is 28.9 Å². The standard InChI is InChI=1S/C29H44N8O8/c30-26(21-4-5-23-22(19-21)37-29(32)45-23)25-27(31)35-20-36-28(25)34-6-2-1-3-24(39)33-7-9-40-11-13-42-15-17-44-18-16-43-14-12-41-10-8-38/h4-5,19-20,30,38H,1-3,6-18H2,(H2,32,37)(H,33,39)(H3,31,34,35,36). The van der Waals surface area contributed by atoms with Gasteiger partial charge in [-0.25, -0.2) is 9.97 Å². The van der Waals surface area contributed by atoms with E-state index in [9.17, 15) is 4.79 Å². The van der Waals surface area contributed by atoms with Gasteiger partial charge in [-0.15, -0.1) is 0 Å². The summed E-state index contributed by atoms with van der Waals surface area (Å²) in [6.45, 7) is 5.32. The van der Waals surface area contributed by atoms with Crippen LogP contribution in [-0.2, 0) is 28.5 Å². The van der Waals surface area contributed by atoms with Crippen molar-refractivity contribution in [2.75, 3.05) is 103 Å². The zero-order chi connectivity index (χ0) is 32.1. The maximum atomic E-state index is 12.1. The predicted molar refractivity (Wildman–Crippen MR) is 167 cm³/mol. The molecule has 0 radical (unpaired) electrons. The third kappa shape index (κ3) is 13.3. The van der Waals surface area contributed by atoms with Crippen LogP contribution < -0.4 is 22.1 Å². The van der Waals surface area contributed by atoms with Crippen LogP contribution >= 0.6 is 0 Å². The molecule has 16 nitrogen and oxygen atoms in total. The Labute approximate surface area is 261 Å². The second-order valence-corrected chi connectivity index (χ2v) is 9.61. The maximum Gasteiger partial charge on any atom is 0.292 e. The highest BCUT2D eigenvalue weighted by Gasteiger charge is 2.17. The van der Waals surface area contributed by atoms with E-state index in [1.54, 1.807) is 18.2 Å². The van der Waals surface area contributed by atoms with Crippen LogP contribution in [0, 0.1) is 5.41 Å². The Morgan fingerprint density at radius 1 is 0.867 bits per heavy atom. The number of carbonyl (C=O) groups excluding carboxylic acids is 1. The van der Waals surface area contributed by atoms with Gasteiger partial charge < -0.3 is 55.3 Å². The molecule has 0 saturated carbocycles. The van der Waals surface area contributed by atoms with Gasteiger partial charge in [0.15, 0.2) is 5.58 Å². The molecule has 2 aromatic heterocycles. The number of unbranched alkanes of at least 4 members (excludes halogenated alkanes) is 1. The minimum Gasteiger partial charge on any atom is -0.424 e. The van der Waals surface area contributed by atoms with Gasteiger partial charge in [0, 0.05) is 25.1 Å². The number of aromatic nitrogens is 3. The zero-order valence-corrected chi connectivity index (χ0v) is 25.4. The average Bonchev–Trinajstić information content (AvgIpc) is 3.41. The van der Waals surface area contributed by atoms with E-state index in [-0.39, 0.29) is 30.1 Å². The van der Waals surface area contributed by atoms with Crippen LogP contribution in [0.2, 0.25) is 0 Å². The summed E-state index contributed by atoms with van der Waals surface area (Å²) in [4.78, 5) is 24.6. The van der Waals surface area contributed by atoms with Crippen LogP contribution in [0.25, 0.3) is 11.1 Å². The largest absolute Gasteiger partial charge is 0.424 e. The van der Waals surface area contributed by atoms with Gasteiger partial charge in [0.05, 0.1) is 84.0 Å². The first kappa shape index (κ1) is 35.5. The predicted octanol–water partition coefficient (Wildman–Crippen LogP) is 0.972. The first-order valence-corrected chi connectivity index (χ1v) is 14.9. The number of carbonyl (C=O) groups is 1. The molecule has 8 N–H and O–H groups in total. The highest BCUT2D eigenvalue weighted by atomic mass is 16.6. The molecule has 3 aromatic rings. The van der Waals surface area contributed by atoms with Crippen molar-refractivity contribution in [1.82, 2.24) is 20.3 Å². The van der Waals surface area contributed by atoms with E-state index < -0.39 is 0 Å². The lowest BCUT2D eigenvalue weighted by atomic mass is 10.0. The topological polar surface area (TPSA) is 235 Å². The second kappa shape index (κ2) is 20.9. The molecule has 0 fully saturated rings. The molecule has 16 heteroatoms. The van der Waals surface area contributed by atoms with E-state index in [4.69, 9.17) is 50.1 Å². The molecule has 0 aliphatic carbocycles. The van der Waals surface area contributed by atoms with Crippen LogP contribution in [0.5, 0.6) is 0 Å². The number of fused-ring (bicyclic) bond motifs is 1. The number of nitrogens with one attached hydrogen (secondary N) is 3. The number of nitrogen functional groups attached to an aromatic ring is 2. The van der Waals surface area contributed by atoms with Gasteiger partial charge in [0.1, 0.15) is 23.5 Å². The SMILES string of the molecule is N=C(c1ccc2oc(N)nc2c1)c1c(N)ncnc1NCCCCC(=O)NCCOCCOCCOCCOCCOCCO. The van der Waals surface area contributed by atoms with Crippen molar-refractivity contribution in [3.05, 3.63) is 35.7 Å². The van der Waals surface area contributed by atoms with Gasteiger partial charge in [-0.2, -0.15) is 4.98 Å². The molecule has 0 atom stereocenters. The van der Waals surface area contributed by atoms with E-state index in [0.29, 0.717) is 126 Å². The molecule has 0 aliphatic rings. The van der Waals surface area contributed by atoms with Crippen molar-refractivity contribution >= 4 is 40.4 Å². The molecule has 0 bridgehead atoms. The Balaban J connectivity index is 1.19. The van der Waals surface area contributed by atoms with Crippen molar-refractivity contribution < 1.29 is 38.0 Å². The van der Waals surface area contributed by atoms with Crippen molar-refractivity contribution in [2.45, 2.75) is 19.3 Å². The second-order valence-electron chi connectivity index (χ2n) is 9.61. The number of nitrogens with two attached hydrogens (primary N) is 2. The Morgan fingerprint density at radius 3 is 2.18 bits per heavy atom. The van der Waals surface area contributed by atoms with E-state index in [1.165, 1.54) is 6.33 Å². The molecule has 45 heavy (non-hydrogen) atoms. The molecule has 2 heterocycles. The fraction of sp³-hybridized carbons (Fsp3) is 0.552. The first-order valence-electron chi connectivity index (χ1n) is 14.9. The van der Waals surface area contributed by atoms with Gasteiger partial charge in [0.25, 0.3) is 6.01 Å². The number of oxazole rings is 1. The van der Waals surface area contributed by atoms with Crippen LogP contribution in [0.4, 0.5) is 17.7 Å². The number of aliphatic hydroxyl groups excluding tert-OH is 1. The lowest BCUT2D eigenvalue weighted by molar-refractivity contribution is -0.121. The molecular weight excluding hydrogens is 588 g/mol. The van der Waals surface area contributed by atoms with Gasteiger partial charge in [-0.05, 0) is 31.0 Å². The molecule has 0 saturated heterocycles. The van der Waals surface area contributed by atoms with Gasteiger partial charge in [-0.1, -0.05) is 0 Å². The maximum absolute atomic E-state index is 12.1. The van der Waals surface area contributed by atoms with E-state index in [2.05, 4.69) is 25.6 Å². The number of hydrogen-bond donors (Lipinski definition) is 6. The van der Waals surface area contributed by atoms with Gasteiger partial charge in [0.2, 0.25) is 5.91 Å². The quantitative estimate of drug-likeness (QED) is 0.0564. The van der Waals surface area contributed by atoms with E-state index >= 15 is 0 Å². The zero-order valence-electron chi connectivity index (χ0n) is 25.4. The van der Waals surface area contributed by atoms with Crippen LogP contribution in [0.1, 0.15) is 30.4 Å². The Hall–Kier alpha value is -3.93. The van der Waals surface area contributed by atoms with Gasteiger partial charge in [-0.3, -0.25) is 10.2 Å². The molecule has 0 unspecified atom stereocenters. The van der Waals surface area contributed by atoms with Crippen molar-refractivity contribution in [2.24, 2.45) is 0 Å². The Kier molecular flexibility index (Phi) is 16.5. The highest BCUT2D eigenvalue weighted by molar-refractivity contribution is 6.17. The fourth-order valence-corrected chi connectivity index (χ4v) is 4.04. The molecule has 3 rings (SSSR count). The fourth-order valence-electron chi connectivity index (χ4n) is 4.04. The number of hydrogen-bond acceptors (Lipinski definition) is 15. The van der Waals surface area contributed by atoms with E-state index in [0.717, 1.165) is 0 Å². The highest BCUT2D eigenvalue weighted by Crippen LogP contribution is 2.24. The summed E-state index contributed by atoms with van der Waals surface area (Å²) in [6.07, 6.45) is 3.09. The lowest BCUT2D eigenvalue weighted by Gasteiger charge is -2.13. The molecule has 1 amide bonds. The number of benzene rings is 1. The molecule has 1 aromatic carbocycles. The number of amides is 1. The summed E-state index contributed by atoms with van der Waals surface area (Å²) in [5.74, 6) is 0.564. The minimum atomic E-state index is -0.0497. The summed E-state index contributed by atoms with van der Waals surface area (Å²) in [6, 6.07) is 5.17. The monoisotopic (exact) mass is 632 g/mol. The van der Waals surface area contributed by atoms with Gasteiger partial charge >= 0.3 is 0 Å².